The minimum Gasteiger partial charge on any atom is -0.465 e. The molecule has 2 fully saturated rings. The molecule has 4 rings (SSSR count). The lowest BCUT2D eigenvalue weighted by Crippen LogP contribution is -2.04. The molecule has 5 nitrogen and oxygen atoms in total. The van der Waals surface area contributed by atoms with Crippen molar-refractivity contribution in [3.8, 4) is 0 Å². The van der Waals surface area contributed by atoms with Gasteiger partial charge in [0.05, 0.1) is 12.7 Å². The van der Waals surface area contributed by atoms with Gasteiger partial charge in [-0.05, 0) is 36.8 Å². The van der Waals surface area contributed by atoms with E-state index in [1.165, 1.54) is 26.4 Å². The van der Waals surface area contributed by atoms with Gasteiger partial charge in [0.1, 0.15) is 5.82 Å². The second kappa shape index (κ2) is 3.79. The molecular weight excluding hydrogens is 242 g/mol. The number of nitrogens with zero attached hydrogens (tertiary/aromatic N) is 3. The van der Waals surface area contributed by atoms with Crippen LogP contribution in [-0.2, 0) is 4.74 Å². The van der Waals surface area contributed by atoms with E-state index in [9.17, 15) is 4.79 Å². The van der Waals surface area contributed by atoms with Crippen LogP contribution in [0.5, 0.6) is 0 Å². The minimum atomic E-state index is -0.322. The lowest BCUT2D eigenvalue weighted by atomic mass is 10.1. The number of rotatable bonds is 2. The predicted molar refractivity (Wildman–Crippen MR) is 67.9 cm³/mol. The van der Waals surface area contributed by atoms with Gasteiger partial charge in [0.15, 0.2) is 5.65 Å². The van der Waals surface area contributed by atoms with Crippen molar-refractivity contribution in [2.45, 2.75) is 25.2 Å². The Kier molecular flexibility index (Phi) is 2.19. The fourth-order valence-electron chi connectivity index (χ4n) is 3.58. The number of aromatic nitrogens is 3. The van der Waals surface area contributed by atoms with Crippen molar-refractivity contribution < 1.29 is 9.53 Å². The van der Waals surface area contributed by atoms with Crippen LogP contribution in [0.25, 0.3) is 5.65 Å². The maximum Gasteiger partial charge on any atom is 0.339 e. The first-order valence-corrected chi connectivity index (χ1v) is 6.72. The average Bonchev–Trinajstić information content (AvgIpc) is 2.86. The standard InChI is InChI=1S/C14H15N3O2/c1-19-14(18)8-5-6-11-15-16-13(17(11)7-8)12-9-3-2-4-10(9)12/h5-7,9-10,12H,2-4H2,1H3. The van der Waals surface area contributed by atoms with E-state index < -0.39 is 0 Å². The van der Waals surface area contributed by atoms with Gasteiger partial charge < -0.3 is 4.74 Å². The van der Waals surface area contributed by atoms with Crippen LogP contribution < -0.4 is 0 Å². The Morgan fingerprint density at radius 3 is 2.84 bits per heavy atom. The van der Waals surface area contributed by atoms with E-state index in [1.54, 1.807) is 12.3 Å². The summed E-state index contributed by atoms with van der Waals surface area (Å²) >= 11 is 0. The highest BCUT2D eigenvalue weighted by atomic mass is 16.5. The normalized spacial score (nSPS) is 28.4. The fourth-order valence-corrected chi connectivity index (χ4v) is 3.58. The lowest BCUT2D eigenvalue weighted by molar-refractivity contribution is 0.0600. The van der Waals surface area contributed by atoms with Gasteiger partial charge in [-0.1, -0.05) is 6.42 Å². The molecule has 0 bridgehead atoms. The summed E-state index contributed by atoms with van der Waals surface area (Å²) in [5.41, 5.74) is 1.34. The number of ether oxygens (including phenoxy) is 1. The van der Waals surface area contributed by atoms with Crippen LogP contribution in [0.15, 0.2) is 18.3 Å². The largest absolute Gasteiger partial charge is 0.465 e. The molecule has 19 heavy (non-hydrogen) atoms. The molecule has 2 aliphatic carbocycles. The van der Waals surface area contributed by atoms with Crippen LogP contribution >= 0.6 is 0 Å². The van der Waals surface area contributed by atoms with Gasteiger partial charge in [-0.2, -0.15) is 0 Å². The molecule has 0 saturated heterocycles. The Morgan fingerprint density at radius 1 is 1.32 bits per heavy atom. The lowest BCUT2D eigenvalue weighted by Gasteiger charge is -2.04. The van der Waals surface area contributed by atoms with E-state index in [1.807, 2.05) is 10.5 Å². The Labute approximate surface area is 110 Å². The zero-order valence-corrected chi connectivity index (χ0v) is 10.7. The summed E-state index contributed by atoms with van der Waals surface area (Å²) in [6.45, 7) is 0. The average molecular weight is 257 g/mol. The maximum atomic E-state index is 11.6. The van der Waals surface area contributed by atoms with Crippen molar-refractivity contribution in [3.63, 3.8) is 0 Å². The third-order valence-electron chi connectivity index (χ3n) is 4.55. The van der Waals surface area contributed by atoms with E-state index in [2.05, 4.69) is 10.2 Å². The van der Waals surface area contributed by atoms with Gasteiger partial charge in [0.25, 0.3) is 0 Å². The zero-order valence-electron chi connectivity index (χ0n) is 10.7. The molecule has 0 amide bonds. The van der Waals surface area contributed by atoms with Gasteiger partial charge in [-0.15, -0.1) is 10.2 Å². The van der Waals surface area contributed by atoms with E-state index in [4.69, 9.17) is 4.74 Å². The molecule has 2 aromatic rings. The number of pyridine rings is 1. The van der Waals surface area contributed by atoms with Crippen LogP contribution in [0.3, 0.4) is 0 Å². The van der Waals surface area contributed by atoms with Crippen LogP contribution in [0.4, 0.5) is 0 Å². The maximum absolute atomic E-state index is 11.6. The fraction of sp³-hybridized carbons (Fsp3) is 0.500. The van der Waals surface area contributed by atoms with Crippen molar-refractivity contribution in [2.75, 3.05) is 7.11 Å². The number of hydrogen-bond acceptors (Lipinski definition) is 4. The van der Waals surface area contributed by atoms with Crippen LogP contribution in [0.2, 0.25) is 0 Å². The highest BCUT2D eigenvalue weighted by Crippen LogP contribution is 2.62. The Morgan fingerprint density at radius 2 is 2.11 bits per heavy atom. The first kappa shape index (κ1) is 11.0. The molecule has 0 aliphatic heterocycles. The summed E-state index contributed by atoms with van der Waals surface area (Å²) in [5.74, 6) is 2.80. The van der Waals surface area contributed by atoms with Crippen LogP contribution in [-0.4, -0.2) is 27.7 Å². The van der Waals surface area contributed by atoms with Gasteiger partial charge in [-0.3, -0.25) is 4.40 Å². The van der Waals surface area contributed by atoms with E-state index in [0.29, 0.717) is 11.5 Å². The van der Waals surface area contributed by atoms with Crippen molar-refractivity contribution in [3.05, 3.63) is 29.7 Å². The quantitative estimate of drug-likeness (QED) is 0.772. The number of fused-ring (bicyclic) bond motifs is 2. The summed E-state index contributed by atoms with van der Waals surface area (Å²) in [4.78, 5) is 11.6. The molecule has 0 radical (unpaired) electrons. The van der Waals surface area contributed by atoms with Crippen molar-refractivity contribution in [2.24, 2.45) is 11.8 Å². The summed E-state index contributed by atoms with van der Waals surface area (Å²) in [6.07, 6.45) is 5.75. The Bertz CT molecular complexity index is 654. The van der Waals surface area contributed by atoms with Crippen molar-refractivity contribution in [1.82, 2.24) is 14.6 Å². The number of esters is 1. The molecule has 2 heterocycles. The molecule has 2 saturated carbocycles. The molecule has 2 unspecified atom stereocenters. The third-order valence-corrected chi connectivity index (χ3v) is 4.55. The molecule has 2 aliphatic rings. The Hall–Kier alpha value is -1.91. The first-order chi connectivity index (χ1) is 9.29. The van der Waals surface area contributed by atoms with E-state index in [-0.39, 0.29) is 5.97 Å². The van der Waals surface area contributed by atoms with Crippen LogP contribution in [0, 0.1) is 11.8 Å². The van der Waals surface area contributed by atoms with Gasteiger partial charge in [0.2, 0.25) is 0 Å². The molecule has 0 spiro atoms. The van der Waals surface area contributed by atoms with Crippen molar-refractivity contribution in [1.29, 1.82) is 0 Å². The zero-order chi connectivity index (χ0) is 13.0. The SMILES string of the molecule is COC(=O)c1ccc2nnc(C3C4CCCC43)n2c1. The van der Waals surface area contributed by atoms with Gasteiger partial charge in [0, 0.05) is 12.1 Å². The van der Waals surface area contributed by atoms with Crippen LogP contribution in [0.1, 0.15) is 41.4 Å². The molecule has 98 valence electrons. The summed E-state index contributed by atoms with van der Waals surface area (Å²) in [7, 11) is 1.39. The molecule has 0 aromatic carbocycles. The van der Waals surface area contributed by atoms with Gasteiger partial charge >= 0.3 is 5.97 Å². The second-order valence-electron chi connectivity index (χ2n) is 5.48. The second-order valence-corrected chi connectivity index (χ2v) is 5.48. The highest BCUT2D eigenvalue weighted by molar-refractivity contribution is 5.89. The minimum absolute atomic E-state index is 0.322. The number of carbonyl (C=O) groups excluding carboxylic acids is 1. The highest BCUT2D eigenvalue weighted by Gasteiger charge is 2.55. The molecule has 2 aromatic heterocycles. The summed E-state index contributed by atoms with van der Waals surface area (Å²) < 4.78 is 6.71. The molecule has 0 N–H and O–H groups in total. The summed E-state index contributed by atoms with van der Waals surface area (Å²) in [6, 6.07) is 3.55. The van der Waals surface area contributed by atoms with E-state index >= 15 is 0 Å². The van der Waals surface area contributed by atoms with E-state index in [0.717, 1.165) is 23.3 Å². The van der Waals surface area contributed by atoms with Crippen molar-refractivity contribution >= 4 is 11.6 Å². The molecular formula is C14H15N3O2. The number of hydrogen-bond donors (Lipinski definition) is 0. The first-order valence-electron chi connectivity index (χ1n) is 6.72. The molecule has 2 atom stereocenters. The number of carbonyl (C=O) groups is 1. The molecule has 5 heteroatoms. The smallest absolute Gasteiger partial charge is 0.339 e. The predicted octanol–water partition coefficient (Wildman–Crippen LogP) is 2.03. The number of methoxy groups -OCH3 is 1. The monoisotopic (exact) mass is 257 g/mol. The third kappa shape index (κ3) is 1.50. The topological polar surface area (TPSA) is 56.5 Å². The Balaban J connectivity index is 1.77. The van der Waals surface area contributed by atoms with Gasteiger partial charge in [-0.25, -0.2) is 4.79 Å². The summed E-state index contributed by atoms with van der Waals surface area (Å²) in [5, 5.41) is 8.52.